The number of hydrogen-bond acceptors (Lipinski definition) is 4. The number of carbonyl (C=O) groups is 1. The Hall–Kier alpha value is -1.43. The Morgan fingerprint density at radius 2 is 2.30 bits per heavy atom. The fourth-order valence-corrected chi connectivity index (χ4v) is 1.93. The zero-order valence-electron chi connectivity index (χ0n) is 12.4. The largest absolute Gasteiger partial charge is 0.354 e. The van der Waals surface area contributed by atoms with Gasteiger partial charge in [-0.2, -0.15) is 0 Å². The van der Waals surface area contributed by atoms with Gasteiger partial charge in [0.2, 0.25) is 5.91 Å². The molecular formula is C14H25N5O. The van der Waals surface area contributed by atoms with Gasteiger partial charge in [-0.05, 0) is 37.6 Å². The van der Waals surface area contributed by atoms with Crippen LogP contribution in [0.2, 0.25) is 0 Å². The Balaban J connectivity index is 1.64. The SMILES string of the molecule is CC(C)CCNC(=O)Cn1cc(CNCC2CC2)nn1. The number of amides is 1. The molecule has 1 aromatic heterocycles. The van der Waals surface area contributed by atoms with E-state index in [1.807, 2.05) is 6.20 Å². The molecular weight excluding hydrogens is 254 g/mol. The van der Waals surface area contributed by atoms with Crippen LogP contribution in [0.4, 0.5) is 0 Å². The molecule has 1 amide bonds. The quantitative estimate of drug-likeness (QED) is 0.705. The standard InChI is InChI=1S/C14H25N5O/c1-11(2)5-6-16-14(20)10-19-9-13(17-18-19)8-15-7-12-3-4-12/h9,11-12,15H,3-8,10H2,1-2H3,(H,16,20). The fourth-order valence-electron chi connectivity index (χ4n) is 1.93. The van der Waals surface area contributed by atoms with Gasteiger partial charge in [0.1, 0.15) is 6.54 Å². The number of carbonyl (C=O) groups excluding carboxylic acids is 1. The molecule has 1 fully saturated rings. The molecule has 1 aromatic rings. The van der Waals surface area contributed by atoms with Crippen molar-refractivity contribution in [1.82, 2.24) is 25.6 Å². The second-order valence-electron chi connectivity index (χ2n) is 6.01. The Morgan fingerprint density at radius 1 is 1.50 bits per heavy atom. The lowest BCUT2D eigenvalue weighted by atomic mass is 10.1. The number of rotatable bonds is 9. The molecule has 0 radical (unpaired) electrons. The lowest BCUT2D eigenvalue weighted by molar-refractivity contribution is -0.121. The van der Waals surface area contributed by atoms with Crippen molar-refractivity contribution in [2.24, 2.45) is 11.8 Å². The maximum atomic E-state index is 11.7. The Labute approximate surface area is 120 Å². The second-order valence-corrected chi connectivity index (χ2v) is 6.01. The van der Waals surface area contributed by atoms with Gasteiger partial charge < -0.3 is 10.6 Å². The molecule has 0 atom stereocenters. The molecule has 0 aromatic carbocycles. The van der Waals surface area contributed by atoms with Gasteiger partial charge in [0.05, 0.1) is 11.9 Å². The number of nitrogens with zero attached hydrogens (tertiary/aromatic N) is 3. The third-order valence-electron chi connectivity index (χ3n) is 3.37. The molecule has 1 saturated carbocycles. The first kappa shape index (κ1) is 15.0. The minimum absolute atomic E-state index is 0.00644. The molecule has 0 unspecified atom stereocenters. The molecule has 112 valence electrons. The summed E-state index contributed by atoms with van der Waals surface area (Å²) in [5.74, 6) is 1.45. The Bertz CT molecular complexity index is 425. The van der Waals surface area contributed by atoms with E-state index in [2.05, 4.69) is 34.8 Å². The van der Waals surface area contributed by atoms with Gasteiger partial charge in [-0.25, -0.2) is 4.68 Å². The Kier molecular flexibility index (Phi) is 5.52. The molecule has 0 saturated heterocycles. The van der Waals surface area contributed by atoms with E-state index in [0.717, 1.165) is 37.7 Å². The minimum Gasteiger partial charge on any atom is -0.354 e. The van der Waals surface area contributed by atoms with Gasteiger partial charge in [0.25, 0.3) is 0 Å². The molecule has 2 N–H and O–H groups in total. The summed E-state index contributed by atoms with van der Waals surface area (Å²) in [6, 6.07) is 0. The second kappa shape index (κ2) is 7.38. The first-order valence-electron chi connectivity index (χ1n) is 7.50. The van der Waals surface area contributed by atoms with Crippen molar-refractivity contribution in [3.05, 3.63) is 11.9 Å². The number of nitrogens with one attached hydrogen (secondary N) is 2. The summed E-state index contributed by atoms with van der Waals surface area (Å²) < 4.78 is 1.60. The molecule has 1 aliphatic carbocycles. The average Bonchev–Trinajstić information content (AvgIpc) is 3.09. The molecule has 6 nitrogen and oxygen atoms in total. The number of hydrogen-bond donors (Lipinski definition) is 2. The molecule has 0 aliphatic heterocycles. The summed E-state index contributed by atoms with van der Waals surface area (Å²) in [4.78, 5) is 11.7. The van der Waals surface area contributed by atoms with Crippen LogP contribution in [0, 0.1) is 11.8 Å². The summed E-state index contributed by atoms with van der Waals surface area (Å²) in [5.41, 5.74) is 0.889. The van der Waals surface area contributed by atoms with Gasteiger partial charge in [-0.1, -0.05) is 19.1 Å². The molecule has 20 heavy (non-hydrogen) atoms. The predicted molar refractivity (Wildman–Crippen MR) is 76.9 cm³/mol. The van der Waals surface area contributed by atoms with E-state index in [4.69, 9.17) is 0 Å². The third-order valence-corrected chi connectivity index (χ3v) is 3.37. The van der Waals surface area contributed by atoms with E-state index < -0.39 is 0 Å². The van der Waals surface area contributed by atoms with Crippen molar-refractivity contribution in [2.45, 2.75) is 46.2 Å². The summed E-state index contributed by atoms with van der Waals surface area (Å²) in [5, 5.41) is 14.3. The van der Waals surface area contributed by atoms with Crippen LogP contribution in [0.25, 0.3) is 0 Å². The summed E-state index contributed by atoms with van der Waals surface area (Å²) >= 11 is 0. The van der Waals surface area contributed by atoms with Crippen LogP contribution in [0.15, 0.2) is 6.20 Å². The monoisotopic (exact) mass is 279 g/mol. The van der Waals surface area contributed by atoms with Crippen molar-refractivity contribution in [2.75, 3.05) is 13.1 Å². The summed E-state index contributed by atoms with van der Waals surface area (Å²) in [7, 11) is 0. The normalized spacial score (nSPS) is 14.8. The van der Waals surface area contributed by atoms with Crippen LogP contribution in [0.5, 0.6) is 0 Å². The van der Waals surface area contributed by atoms with Crippen molar-refractivity contribution in [1.29, 1.82) is 0 Å². The van der Waals surface area contributed by atoms with Crippen molar-refractivity contribution < 1.29 is 4.79 Å². The van der Waals surface area contributed by atoms with Crippen LogP contribution in [0.3, 0.4) is 0 Å². The van der Waals surface area contributed by atoms with Crippen molar-refractivity contribution in [3.8, 4) is 0 Å². The van der Waals surface area contributed by atoms with Crippen LogP contribution in [-0.2, 0) is 17.9 Å². The van der Waals surface area contributed by atoms with E-state index in [0.29, 0.717) is 5.92 Å². The fraction of sp³-hybridized carbons (Fsp3) is 0.786. The maximum Gasteiger partial charge on any atom is 0.241 e. The van der Waals surface area contributed by atoms with E-state index in [1.54, 1.807) is 4.68 Å². The van der Waals surface area contributed by atoms with Gasteiger partial charge in [0.15, 0.2) is 0 Å². The molecule has 0 bridgehead atoms. The highest BCUT2D eigenvalue weighted by molar-refractivity contribution is 5.75. The molecule has 6 heteroatoms. The van der Waals surface area contributed by atoms with Crippen molar-refractivity contribution in [3.63, 3.8) is 0 Å². The molecule has 1 aliphatic rings. The topological polar surface area (TPSA) is 71.8 Å². The van der Waals surface area contributed by atoms with Gasteiger partial charge in [-0.15, -0.1) is 5.10 Å². The Morgan fingerprint density at radius 3 is 3.00 bits per heavy atom. The van der Waals surface area contributed by atoms with Crippen LogP contribution < -0.4 is 10.6 Å². The summed E-state index contributed by atoms with van der Waals surface area (Å²) in [6.45, 7) is 7.04. The van der Waals surface area contributed by atoms with E-state index in [1.165, 1.54) is 12.8 Å². The van der Waals surface area contributed by atoms with E-state index in [-0.39, 0.29) is 12.5 Å². The zero-order valence-corrected chi connectivity index (χ0v) is 12.4. The first-order valence-corrected chi connectivity index (χ1v) is 7.50. The first-order chi connectivity index (χ1) is 9.63. The number of aromatic nitrogens is 3. The summed E-state index contributed by atoms with van der Waals surface area (Å²) in [6.07, 6.45) is 5.52. The minimum atomic E-state index is -0.00644. The molecule has 2 rings (SSSR count). The zero-order chi connectivity index (χ0) is 14.4. The van der Waals surface area contributed by atoms with E-state index in [9.17, 15) is 4.79 Å². The van der Waals surface area contributed by atoms with Crippen molar-refractivity contribution >= 4 is 5.91 Å². The predicted octanol–water partition coefficient (Wildman–Crippen LogP) is 0.940. The maximum absolute atomic E-state index is 11.7. The molecule has 1 heterocycles. The van der Waals surface area contributed by atoms with Crippen LogP contribution in [0.1, 0.15) is 38.8 Å². The lowest BCUT2D eigenvalue weighted by Gasteiger charge is -2.06. The van der Waals surface area contributed by atoms with Gasteiger partial charge in [0, 0.05) is 13.1 Å². The van der Waals surface area contributed by atoms with Gasteiger partial charge in [-0.3, -0.25) is 4.79 Å². The lowest BCUT2D eigenvalue weighted by Crippen LogP contribution is -2.29. The van der Waals surface area contributed by atoms with E-state index >= 15 is 0 Å². The van der Waals surface area contributed by atoms with Crippen LogP contribution in [-0.4, -0.2) is 34.0 Å². The highest BCUT2D eigenvalue weighted by Crippen LogP contribution is 2.27. The third kappa shape index (κ3) is 5.69. The molecule has 0 spiro atoms. The van der Waals surface area contributed by atoms with Crippen LogP contribution >= 0.6 is 0 Å². The highest BCUT2D eigenvalue weighted by atomic mass is 16.2. The van der Waals surface area contributed by atoms with Gasteiger partial charge >= 0.3 is 0 Å². The highest BCUT2D eigenvalue weighted by Gasteiger charge is 2.20. The smallest absolute Gasteiger partial charge is 0.241 e. The average molecular weight is 279 g/mol.